The van der Waals surface area contributed by atoms with Gasteiger partial charge < -0.3 is 14.8 Å². The van der Waals surface area contributed by atoms with Crippen LogP contribution in [0.25, 0.3) is 0 Å². The molecule has 1 unspecified atom stereocenters. The van der Waals surface area contributed by atoms with Gasteiger partial charge in [-0.25, -0.2) is 0 Å². The topological polar surface area (TPSA) is 45.2 Å². The number of aromatic amines is 1. The molecule has 2 N–H and O–H groups in total. The maximum absolute atomic E-state index is 10.6. The Morgan fingerprint density at radius 3 is 2.32 bits per heavy atom. The van der Waals surface area contributed by atoms with E-state index < -0.39 is 6.10 Å². The first-order valence-corrected chi connectivity index (χ1v) is 6.44. The molecular formula is C16H21NO2. The van der Waals surface area contributed by atoms with Crippen LogP contribution in [0.4, 0.5) is 0 Å². The molecule has 1 aromatic heterocycles. The summed E-state index contributed by atoms with van der Waals surface area (Å²) in [6.07, 6.45) is -0.692. The molecule has 0 spiro atoms. The van der Waals surface area contributed by atoms with Gasteiger partial charge in [0.25, 0.3) is 0 Å². The molecule has 3 heteroatoms. The van der Waals surface area contributed by atoms with Crippen LogP contribution in [0, 0.1) is 27.7 Å². The second kappa shape index (κ2) is 5.10. The molecule has 0 radical (unpaired) electrons. The highest BCUT2D eigenvalue weighted by molar-refractivity contribution is 5.45. The summed E-state index contributed by atoms with van der Waals surface area (Å²) in [5.74, 6) is 0.711. The van der Waals surface area contributed by atoms with Gasteiger partial charge in [0.15, 0.2) is 0 Å². The number of aliphatic hydroxyl groups is 1. The summed E-state index contributed by atoms with van der Waals surface area (Å²) in [5, 5.41) is 10.6. The molecule has 1 atom stereocenters. The Morgan fingerprint density at radius 2 is 1.79 bits per heavy atom. The van der Waals surface area contributed by atoms with Crippen LogP contribution in [-0.2, 0) is 0 Å². The highest BCUT2D eigenvalue weighted by Crippen LogP contribution is 2.33. The highest BCUT2D eigenvalue weighted by atomic mass is 16.5. The van der Waals surface area contributed by atoms with Gasteiger partial charge in [0.05, 0.1) is 12.8 Å². The van der Waals surface area contributed by atoms with E-state index >= 15 is 0 Å². The molecule has 0 saturated heterocycles. The number of aryl methyl sites for hydroxylation is 2. The number of methoxy groups -OCH3 is 1. The Balaban J connectivity index is 2.52. The van der Waals surface area contributed by atoms with Crippen LogP contribution in [0.5, 0.6) is 5.75 Å². The lowest BCUT2D eigenvalue weighted by Gasteiger charge is -2.15. The highest BCUT2D eigenvalue weighted by Gasteiger charge is 2.20. The second-order valence-corrected chi connectivity index (χ2v) is 5.06. The summed E-state index contributed by atoms with van der Waals surface area (Å²) in [5.41, 5.74) is 6.14. The number of nitrogens with one attached hydrogen (secondary N) is 1. The molecule has 0 aliphatic carbocycles. The molecule has 0 aliphatic heterocycles. The van der Waals surface area contributed by atoms with Crippen LogP contribution in [-0.4, -0.2) is 17.2 Å². The summed E-state index contributed by atoms with van der Waals surface area (Å²) < 4.78 is 5.35. The zero-order valence-corrected chi connectivity index (χ0v) is 12.2. The predicted octanol–water partition coefficient (Wildman–Crippen LogP) is 3.34. The summed E-state index contributed by atoms with van der Waals surface area (Å²) in [4.78, 5) is 3.28. The molecule has 0 bridgehead atoms. The zero-order chi connectivity index (χ0) is 14.2. The Labute approximate surface area is 114 Å². The third kappa shape index (κ3) is 2.38. The molecule has 2 aromatic rings. The van der Waals surface area contributed by atoms with E-state index in [1.54, 1.807) is 7.11 Å². The van der Waals surface area contributed by atoms with E-state index in [1.807, 2.05) is 39.0 Å². The van der Waals surface area contributed by atoms with Crippen molar-refractivity contribution in [1.82, 2.24) is 4.98 Å². The van der Waals surface area contributed by atoms with Gasteiger partial charge in [0.2, 0.25) is 0 Å². The zero-order valence-electron chi connectivity index (χ0n) is 12.2. The summed E-state index contributed by atoms with van der Waals surface area (Å²) in [6.45, 7) is 8.12. The lowest BCUT2D eigenvalue weighted by Crippen LogP contribution is -2.05. The Bertz CT molecular complexity index is 599. The molecule has 19 heavy (non-hydrogen) atoms. The maximum Gasteiger partial charge on any atom is 0.125 e. The van der Waals surface area contributed by atoms with Gasteiger partial charge in [-0.05, 0) is 51.0 Å². The average Bonchev–Trinajstić information content (AvgIpc) is 2.65. The Morgan fingerprint density at radius 1 is 1.11 bits per heavy atom. The smallest absolute Gasteiger partial charge is 0.125 e. The number of H-pyrrole nitrogens is 1. The summed E-state index contributed by atoms with van der Waals surface area (Å²) in [6, 6.07) is 5.84. The number of benzene rings is 1. The van der Waals surface area contributed by atoms with E-state index in [1.165, 1.54) is 5.56 Å². The minimum absolute atomic E-state index is 0.692. The second-order valence-electron chi connectivity index (χ2n) is 5.06. The van der Waals surface area contributed by atoms with Crippen molar-refractivity contribution >= 4 is 0 Å². The Hall–Kier alpha value is -1.74. The fraction of sp³-hybridized carbons (Fsp3) is 0.375. The minimum atomic E-state index is -0.692. The largest absolute Gasteiger partial charge is 0.496 e. The van der Waals surface area contributed by atoms with Crippen LogP contribution >= 0.6 is 0 Å². The van der Waals surface area contributed by atoms with Gasteiger partial charge >= 0.3 is 0 Å². The van der Waals surface area contributed by atoms with Crippen molar-refractivity contribution in [3.63, 3.8) is 0 Å². The molecule has 0 amide bonds. The van der Waals surface area contributed by atoms with Crippen molar-refractivity contribution < 1.29 is 9.84 Å². The van der Waals surface area contributed by atoms with E-state index in [0.717, 1.165) is 28.1 Å². The van der Waals surface area contributed by atoms with Gasteiger partial charge in [-0.1, -0.05) is 11.6 Å². The molecule has 3 nitrogen and oxygen atoms in total. The molecule has 1 aromatic carbocycles. The van der Waals surface area contributed by atoms with Gasteiger partial charge in [0.1, 0.15) is 11.9 Å². The van der Waals surface area contributed by atoms with E-state index in [-0.39, 0.29) is 0 Å². The summed E-state index contributed by atoms with van der Waals surface area (Å²) in [7, 11) is 1.62. The van der Waals surface area contributed by atoms with Crippen molar-refractivity contribution in [1.29, 1.82) is 0 Å². The molecule has 0 saturated carbocycles. The normalized spacial score (nSPS) is 12.5. The van der Waals surface area contributed by atoms with Gasteiger partial charge in [-0.15, -0.1) is 0 Å². The first kappa shape index (κ1) is 13.7. The number of ether oxygens (including phenoxy) is 1. The third-order valence-electron chi connectivity index (χ3n) is 3.80. The number of aromatic nitrogens is 1. The third-order valence-corrected chi connectivity index (χ3v) is 3.80. The van der Waals surface area contributed by atoms with Crippen LogP contribution in [0.1, 0.15) is 39.7 Å². The molecule has 2 rings (SSSR count). The molecule has 0 aliphatic rings. The van der Waals surface area contributed by atoms with Crippen LogP contribution in [0.2, 0.25) is 0 Å². The minimum Gasteiger partial charge on any atom is -0.496 e. The standard InChI is InChI=1S/C16H21NO2/c1-9-6-7-14(19-5)13(8-9)16(18)15-11(3)10(2)12(4)17-15/h6-8,16-18H,1-5H3. The number of hydrogen-bond acceptors (Lipinski definition) is 2. The van der Waals surface area contributed by atoms with Crippen LogP contribution in [0.3, 0.4) is 0 Å². The lowest BCUT2D eigenvalue weighted by molar-refractivity contribution is 0.209. The average molecular weight is 259 g/mol. The first-order valence-electron chi connectivity index (χ1n) is 6.44. The number of aliphatic hydroxyl groups excluding tert-OH is 1. The molecular weight excluding hydrogens is 238 g/mol. The van der Waals surface area contributed by atoms with Gasteiger partial charge in [-0.2, -0.15) is 0 Å². The maximum atomic E-state index is 10.6. The molecule has 1 heterocycles. The van der Waals surface area contributed by atoms with Crippen molar-refractivity contribution in [2.45, 2.75) is 33.8 Å². The van der Waals surface area contributed by atoms with E-state index in [9.17, 15) is 5.11 Å². The quantitative estimate of drug-likeness (QED) is 0.888. The van der Waals surface area contributed by atoms with Gasteiger partial charge in [0, 0.05) is 11.3 Å². The fourth-order valence-electron chi connectivity index (χ4n) is 2.37. The first-order chi connectivity index (χ1) is 8.95. The summed E-state index contributed by atoms with van der Waals surface area (Å²) >= 11 is 0. The molecule has 0 fully saturated rings. The van der Waals surface area contributed by atoms with Crippen molar-refractivity contribution in [3.8, 4) is 5.75 Å². The van der Waals surface area contributed by atoms with E-state index in [0.29, 0.717) is 5.75 Å². The lowest BCUT2D eigenvalue weighted by atomic mass is 10.00. The number of rotatable bonds is 3. The monoisotopic (exact) mass is 259 g/mol. The van der Waals surface area contributed by atoms with Crippen molar-refractivity contribution in [3.05, 3.63) is 51.8 Å². The van der Waals surface area contributed by atoms with Crippen molar-refractivity contribution in [2.75, 3.05) is 7.11 Å². The Kier molecular flexibility index (Phi) is 3.67. The SMILES string of the molecule is COc1ccc(C)cc1C(O)c1[nH]c(C)c(C)c1C. The van der Waals surface area contributed by atoms with Crippen LogP contribution < -0.4 is 4.74 Å². The fourth-order valence-corrected chi connectivity index (χ4v) is 2.37. The number of hydrogen-bond donors (Lipinski definition) is 2. The van der Waals surface area contributed by atoms with Crippen LogP contribution in [0.15, 0.2) is 18.2 Å². The predicted molar refractivity (Wildman–Crippen MR) is 76.8 cm³/mol. The van der Waals surface area contributed by atoms with Gasteiger partial charge in [-0.3, -0.25) is 0 Å². The van der Waals surface area contributed by atoms with Crippen molar-refractivity contribution in [2.24, 2.45) is 0 Å². The van der Waals surface area contributed by atoms with E-state index in [2.05, 4.69) is 11.9 Å². The molecule has 102 valence electrons. The van der Waals surface area contributed by atoms with E-state index in [4.69, 9.17) is 4.74 Å².